The van der Waals surface area contributed by atoms with Crippen LogP contribution in [0.25, 0.3) is 17.1 Å². The van der Waals surface area contributed by atoms with Gasteiger partial charge in [-0.05, 0) is 60.2 Å². The first kappa shape index (κ1) is 31.0. The quantitative estimate of drug-likeness (QED) is 0.112. The van der Waals surface area contributed by atoms with Crippen LogP contribution in [-0.2, 0) is 6.18 Å². The number of hydrogen-bond acceptors (Lipinski definition) is 7. The minimum absolute atomic E-state index is 0.141. The molecule has 226 valence electrons. The van der Waals surface area contributed by atoms with Gasteiger partial charge in [-0.15, -0.1) is 10.2 Å². The Morgan fingerprint density at radius 2 is 1.50 bits per heavy atom. The van der Waals surface area contributed by atoms with Crippen molar-refractivity contribution in [3.8, 4) is 34.3 Å². The molecule has 0 unspecified atom stereocenters. The molecule has 1 aromatic heterocycles. The Bertz CT molecular complexity index is 1760. The van der Waals surface area contributed by atoms with E-state index in [4.69, 9.17) is 25.8 Å². The van der Waals surface area contributed by atoms with Gasteiger partial charge in [-0.2, -0.15) is 13.2 Å². The number of benzene rings is 4. The van der Waals surface area contributed by atoms with Crippen molar-refractivity contribution in [1.82, 2.24) is 14.8 Å². The molecule has 0 fully saturated rings. The van der Waals surface area contributed by atoms with Gasteiger partial charge in [-0.1, -0.05) is 59.8 Å². The third kappa shape index (κ3) is 6.39. The van der Waals surface area contributed by atoms with Crippen molar-refractivity contribution in [2.24, 2.45) is 0 Å². The average molecular weight is 640 g/mol. The largest absolute Gasteiger partial charge is 0.493 e. The molecule has 12 heteroatoms. The van der Waals surface area contributed by atoms with E-state index in [1.807, 2.05) is 6.07 Å². The number of methoxy groups -OCH3 is 3. The van der Waals surface area contributed by atoms with Crippen molar-refractivity contribution in [3.05, 3.63) is 113 Å². The third-order valence-electron chi connectivity index (χ3n) is 6.68. The number of carbonyl (C=O) groups is 1. The zero-order valence-corrected chi connectivity index (χ0v) is 25.2. The molecular formula is C32H25ClF3N3O4S. The molecule has 4 aromatic carbocycles. The smallest absolute Gasteiger partial charge is 0.416 e. The number of alkyl halides is 3. The summed E-state index contributed by atoms with van der Waals surface area (Å²) < 4.78 is 59.4. The molecule has 7 nitrogen and oxygen atoms in total. The summed E-state index contributed by atoms with van der Waals surface area (Å²) in [6, 6.07) is 23.6. The van der Waals surface area contributed by atoms with E-state index in [0.717, 1.165) is 23.9 Å². The van der Waals surface area contributed by atoms with Crippen LogP contribution in [0.1, 0.15) is 26.7 Å². The van der Waals surface area contributed by atoms with Crippen molar-refractivity contribution in [2.75, 3.05) is 21.3 Å². The summed E-state index contributed by atoms with van der Waals surface area (Å²) in [5.74, 6) is 0.906. The Morgan fingerprint density at radius 1 is 0.841 bits per heavy atom. The number of ether oxygens (including phenoxy) is 3. The highest BCUT2D eigenvalue weighted by Gasteiger charge is 2.32. The maximum absolute atomic E-state index is 13.9. The van der Waals surface area contributed by atoms with Gasteiger partial charge in [0.15, 0.2) is 28.3 Å². The lowest BCUT2D eigenvalue weighted by molar-refractivity contribution is -0.137. The fourth-order valence-corrected chi connectivity index (χ4v) is 5.83. The van der Waals surface area contributed by atoms with Crippen LogP contribution in [0.4, 0.5) is 13.2 Å². The molecule has 1 atom stereocenters. The maximum atomic E-state index is 13.9. The highest BCUT2D eigenvalue weighted by molar-refractivity contribution is 8.00. The van der Waals surface area contributed by atoms with E-state index in [-0.39, 0.29) is 22.5 Å². The fraction of sp³-hybridized carbons (Fsp3) is 0.156. The molecule has 1 heterocycles. The molecule has 0 aliphatic carbocycles. The molecule has 0 spiro atoms. The topological polar surface area (TPSA) is 75.5 Å². The number of halogens is 4. The molecule has 0 radical (unpaired) electrons. The predicted octanol–water partition coefficient (Wildman–Crippen LogP) is 8.35. The maximum Gasteiger partial charge on any atom is 0.416 e. The number of thioether (sulfide) groups is 1. The highest BCUT2D eigenvalue weighted by atomic mass is 35.5. The molecule has 0 saturated carbocycles. The van der Waals surface area contributed by atoms with E-state index in [2.05, 4.69) is 10.2 Å². The van der Waals surface area contributed by atoms with Crippen LogP contribution in [0.5, 0.6) is 17.2 Å². The number of carbonyl (C=O) groups excluding carboxylic acids is 1. The molecule has 0 aliphatic heterocycles. The van der Waals surface area contributed by atoms with E-state index in [0.29, 0.717) is 39.0 Å². The van der Waals surface area contributed by atoms with Crippen LogP contribution in [0.3, 0.4) is 0 Å². The molecule has 5 rings (SSSR count). The number of Topliss-reactive ketones (excluding diaryl/α,β-unsaturated/α-hetero) is 1. The lowest BCUT2D eigenvalue weighted by atomic mass is 10.0. The monoisotopic (exact) mass is 639 g/mol. The van der Waals surface area contributed by atoms with Crippen molar-refractivity contribution >= 4 is 29.1 Å². The second kappa shape index (κ2) is 13.0. The lowest BCUT2D eigenvalue weighted by Gasteiger charge is -2.18. The van der Waals surface area contributed by atoms with Crippen molar-refractivity contribution in [3.63, 3.8) is 0 Å². The highest BCUT2D eigenvalue weighted by Crippen LogP contribution is 2.44. The number of aromatic nitrogens is 3. The van der Waals surface area contributed by atoms with Crippen LogP contribution in [0.15, 0.2) is 96.2 Å². The second-order valence-corrected chi connectivity index (χ2v) is 10.9. The van der Waals surface area contributed by atoms with Crippen LogP contribution >= 0.6 is 23.4 Å². The summed E-state index contributed by atoms with van der Waals surface area (Å²) >= 11 is 7.12. The Labute approximate surface area is 260 Å². The number of hydrogen-bond donors (Lipinski definition) is 0. The zero-order chi connectivity index (χ0) is 31.4. The fourth-order valence-electron chi connectivity index (χ4n) is 4.57. The standard InChI is InChI=1S/C32H25ClF3N3O4S/c1-41-25-16-21(17-26(42-2)28(25)43-3)30-37-38-31(39(30)24-11-7-10-22(18-24)32(34,35)36)44-29(20-8-5-4-6-9-20)27(40)19-12-14-23(33)15-13-19/h4-18,29H,1-3H3/t29-/m0/s1. The summed E-state index contributed by atoms with van der Waals surface area (Å²) in [6.45, 7) is 0. The Kier molecular flexibility index (Phi) is 9.17. The van der Waals surface area contributed by atoms with E-state index in [1.54, 1.807) is 60.7 Å². The average Bonchev–Trinajstić information content (AvgIpc) is 3.46. The molecule has 0 amide bonds. The number of nitrogens with zero attached hydrogens (tertiary/aromatic N) is 3. The van der Waals surface area contributed by atoms with Gasteiger partial charge in [0.1, 0.15) is 5.25 Å². The molecule has 44 heavy (non-hydrogen) atoms. The van der Waals surface area contributed by atoms with Crippen molar-refractivity contribution in [2.45, 2.75) is 16.6 Å². The predicted molar refractivity (Wildman–Crippen MR) is 162 cm³/mol. The first-order valence-electron chi connectivity index (χ1n) is 13.1. The summed E-state index contributed by atoms with van der Waals surface area (Å²) in [6.07, 6.45) is -4.60. The SMILES string of the molecule is COc1cc(-c2nnc(S[C@H](C(=O)c3ccc(Cl)cc3)c3ccccc3)n2-c2cccc(C(F)(F)F)c2)cc(OC)c1OC. The van der Waals surface area contributed by atoms with Crippen LogP contribution in [0, 0.1) is 0 Å². The van der Waals surface area contributed by atoms with Gasteiger partial charge in [0.05, 0.1) is 32.6 Å². The van der Waals surface area contributed by atoms with Crippen molar-refractivity contribution < 1.29 is 32.2 Å². The molecule has 0 aliphatic rings. The second-order valence-electron chi connectivity index (χ2n) is 9.38. The van der Waals surface area contributed by atoms with Crippen molar-refractivity contribution in [1.29, 1.82) is 0 Å². The summed E-state index contributed by atoms with van der Waals surface area (Å²) in [7, 11) is 4.36. The molecule has 5 aromatic rings. The van der Waals surface area contributed by atoms with E-state index in [9.17, 15) is 18.0 Å². The zero-order valence-electron chi connectivity index (χ0n) is 23.6. The van der Waals surface area contributed by atoms with Gasteiger partial charge < -0.3 is 14.2 Å². The molecule has 0 saturated heterocycles. The molecular weight excluding hydrogens is 615 g/mol. The van der Waals surface area contributed by atoms with Gasteiger partial charge in [0, 0.05) is 16.1 Å². The summed E-state index contributed by atoms with van der Waals surface area (Å²) in [5.41, 5.74) is 0.793. The van der Waals surface area contributed by atoms with Gasteiger partial charge in [0.2, 0.25) is 5.75 Å². The molecule has 0 bridgehead atoms. The van der Waals surface area contributed by atoms with Crippen LogP contribution < -0.4 is 14.2 Å². The summed E-state index contributed by atoms with van der Waals surface area (Å²) in [5, 5.41) is 8.60. The minimum Gasteiger partial charge on any atom is -0.493 e. The van der Waals surface area contributed by atoms with Gasteiger partial charge in [-0.3, -0.25) is 9.36 Å². The Morgan fingerprint density at radius 3 is 2.09 bits per heavy atom. The van der Waals surface area contributed by atoms with Gasteiger partial charge in [-0.25, -0.2) is 0 Å². The van der Waals surface area contributed by atoms with E-state index < -0.39 is 17.0 Å². The first-order valence-corrected chi connectivity index (χ1v) is 14.3. The van der Waals surface area contributed by atoms with E-state index in [1.165, 1.54) is 38.0 Å². The third-order valence-corrected chi connectivity index (χ3v) is 8.13. The molecule has 0 N–H and O–H groups in total. The van der Waals surface area contributed by atoms with Gasteiger partial charge >= 0.3 is 6.18 Å². The number of ketones is 1. The van der Waals surface area contributed by atoms with Crippen LogP contribution in [-0.4, -0.2) is 41.9 Å². The van der Waals surface area contributed by atoms with Gasteiger partial charge in [0.25, 0.3) is 0 Å². The van der Waals surface area contributed by atoms with Crippen LogP contribution in [0.2, 0.25) is 5.02 Å². The minimum atomic E-state index is -4.60. The Hall–Kier alpha value is -4.48. The first-order chi connectivity index (χ1) is 21.1. The Balaban J connectivity index is 1.71. The summed E-state index contributed by atoms with van der Waals surface area (Å²) in [4.78, 5) is 13.9. The number of rotatable bonds is 10. The van der Waals surface area contributed by atoms with E-state index >= 15 is 0 Å². The lowest BCUT2D eigenvalue weighted by Crippen LogP contribution is -2.12. The normalized spacial score (nSPS) is 12.1.